The van der Waals surface area contributed by atoms with Crippen LogP contribution in [-0.2, 0) is 0 Å². The van der Waals surface area contributed by atoms with E-state index in [2.05, 4.69) is 82.9 Å². The fourth-order valence-electron chi connectivity index (χ4n) is 2.45. The van der Waals surface area contributed by atoms with Gasteiger partial charge in [-0.3, -0.25) is 0 Å². The maximum Gasteiger partial charge on any atom is 0.0534 e. The van der Waals surface area contributed by atoms with Crippen molar-refractivity contribution in [1.82, 2.24) is 4.57 Å². The summed E-state index contributed by atoms with van der Waals surface area (Å²) < 4.78 is 3.42. The van der Waals surface area contributed by atoms with E-state index in [0.717, 1.165) is 4.47 Å². The Morgan fingerprint density at radius 1 is 0.889 bits per heavy atom. The molecule has 0 saturated carbocycles. The van der Waals surface area contributed by atoms with Gasteiger partial charge in [0.15, 0.2) is 0 Å². The first kappa shape index (κ1) is 11.5. The average molecular weight is 300 g/mol. The Kier molecular flexibility index (Phi) is 2.75. The molecule has 0 aliphatic rings. The SMILES string of the molecule is Cc1c(C)n(-c2ccc(Br)cc2)c2ccccc12. The first-order chi connectivity index (χ1) is 8.68. The molecule has 18 heavy (non-hydrogen) atoms. The van der Waals surface area contributed by atoms with Crippen LogP contribution in [0.4, 0.5) is 0 Å². The van der Waals surface area contributed by atoms with Gasteiger partial charge in [-0.25, -0.2) is 0 Å². The lowest BCUT2D eigenvalue weighted by atomic mass is 10.2. The molecule has 3 rings (SSSR count). The molecule has 0 spiro atoms. The molecule has 0 amide bonds. The molecule has 2 heteroatoms. The molecule has 1 aromatic heterocycles. The number of rotatable bonds is 1. The lowest BCUT2D eigenvalue weighted by molar-refractivity contribution is 1.04. The Bertz CT molecular complexity index is 708. The van der Waals surface area contributed by atoms with Crippen molar-refractivity contribution >= 4 is 26.8 Å². The third kappa shape index (κ3) is 1.68. The predicted octanol–water partition coefficient (Wildman–Crippen LogP) is 5.01. The minimum atomic E-state index is 1.11. The lowest BCUT2D eigenvalue weighted by Crippen LogP contribution is -1.96. The first-order valence-electron chi connectivity index (χ1n) is 6.01. The zero-order valence-corrected chi connectivity index (χ0v) is 12.0. The number of aryl methyl sites for hydroxylation is 1. The smallest absolute Gasteiger partial charge is 0.0534 e. The van der Waals surface area contributed by atoms with Crippen LogP contribution >= 0.6 is 15.9 Å². The normalized spacial score (nSPS) is 11.1. The number of benzene rings is 2. The maximum absolute atomic E-state index is 3.48. The van der Waals surface area contributed by atoms with Crippen molar-refractivity contribution in [3.8, 4) is 5.69 Å². The third-order valence-electron chi connectivity index (χ3n) is 3.51. The number of fused-ring (bicyclic) bond motifs is 1. The quantitative estimate of drug-likeness (QED) is 0.595. The number of nitrogens with zero attached hydrogens (tertiary/aromatic N) is 1. The summed E-state index contributed by atoms with van der Waals surface area (Å²) >= 11 is 3.48. The summed E-state index contributed by atoms with van der Waals surface area (Å²) in [5.41, 5.74) is 5.14. The van der Waals surface area contributed by atoms with Gasteiger partial charge in [0.1, 0.15) is 0 Å². The van der Waals surface area contributed by atoms with Crippen molar-refractivity contribution in [1.29, 1.82) is 0 Å². The molecule has 0 saturated heterocycles. The van der Waals surface area contributed by atoms with Crippen LogP contribution in [0.3, 0.4) is 0 Å². The minimum absolute atomic E-state index is 1.11. The topological polar surface area (TPSA) is 4.93 Å². The zero-order valence-electron chi connectivity index (χ0n) is 10.4. The highest BCUT2D eigenvalue weighted by molar-refractivity contribution is 9.10. The number of hydrogen-bond donors (Lipinski definition) is 0. The highest BCUT2D eigenvalue weighted by Gasteiger charge is 2.11. The van der Waals surface area contributed by atoms with Crippen LogP contribution in [0, 0.1) is 13.8 Å². The van der Waals surface area contributed by atoms with E-state index < -0.39 is 0 Å². The van der Waals surface area contributed by atoms with Gasteiger partial charge in [-0.2, -0.15) is 0 Å². The lowest BCUT2D eigenvalue weighted by Gasteiger charge is -2.08. The van der Waals surface area contributed by atoms with Crippen LogP contribution in [0.2, 0.25) is 0 Å². The fraction of sp³-hybridized carbons (Fsp3) is 0.125. The Balaban J connectivity index is 2.35. The Hall–Kier alpha value is -1.54. The molecule has 1 nitrogen and oxygen atoms in total. The summed E-state index contributed by atoms with van der Waals surface area (Å²) in [5, 5.41) is 1.33. The number of halogens is 1. The van der Waals surface area contributed by atoms with Gasteiger partial charge in [0.25, 0.3) is 0 Å². The molecule has 90 valence electrons. The summed E-state index contributed by atoms with van der Waals surface area (Å²) in [6, 6.07) is 17.0. The molecule has 0 aliphatic heterocycles. The molecular formula is C16H14BrN. The summed E-state index contributed by atoms with van der Waals surface area (Å²) in [6.45, 7) is 4.37. The molecule has 2 aromatic carbocycles. The molecule has 0 N–H and O–H groups in total. The number of para-hydroxylation sites is 1. The van der Waals surface area contributed by atoms with Crippen molar-refractivity contribution in [2.75, 3.05) is 0 Å². The maximum atomic E-state index is 3.48. The zero-order chi connectivity index (χ0) is 12.7. The largest absolute Gasteiger partial charge is 0.314 e. The van der Waals surface area contributed by atoms with Gasteiger partial charge < -0.3 is 4.57 Å². The third-order valence-corrected chi connectivity index (χ3v) is 4.04. The van der Waals surface area contributed by atoms with Gasteiger partial charge in [-0.15, -0.1) is 0 Å². The molecule has 0 aliphatic carbocycles. The molecule has 3 aromatic rings. The molecule has 0 radical (unpaired) electrons. The standard InChI is InChI=1S/C16H14BrN/c1-11-12(2)18(14-9-7-13(17)8-10-14)16-6-4-3-5-15(11)16/h3-10H,1-2H3. The first-order valence-corrected chi connectivity index (χ1v) is 6.80. The van der Waals surface area contributed by atoms with E-state index >= 15 is 0 Å². The predicted molar refractivity (Wildman–Crippen MR) is 80.4 cm³/mol. The van der Waals surface area contributed by atoms with Gasteiger partial charge in [0.05, 0.1) is 5.52 Å². The average Bonchev–Trinajstić information content (AvgIpc) is 2.64. The Morgan fingerprint density at radius 3 is 2.28 bits per heavy atom. The Labute approximate surface area is 115 Å². The van der Waals surface area contributed by atoms with Gasteiger partial charge in [-0.1, -0.05) is 34.1 Å². The van der Waals surface area contributed by atoms with E-state index in [4.69, 9.17) is 0 Å². The van der Waals surface area contributed by atoms with E-state index in [-0.39, 0.29) is 0 Å². The van der Waals surface area contributed by atoms with Crippen molar-refractivity contribution in [3.05, 3.63) is 64.3 Å². The molecular weight excluding hydrogens is 286 g/mol. The van der Waals surface area contributed by atoms with Gasteiger partial charge in [0.2, 0.25) is 0 Å². The summed E-state index contributed by atoms with van der Waals surface area (Å²) in [4.78, 5) is 0. The minimum Gasteiger partial charge on any atom is -0.314 e. The van der Waals surface area contributed by atoms with Crippen LogP contribution < -0.4 is 0 Å². The second kappa shape index (κ2) is 4.29. The summed E-state index contributed by atoms with van der Waals surface area (Å²) in [7, 11) is 0. The Morgan fingerprint density at radius 2 is 1.56 bits per heavy atom. The fourth-order valence-corrected chi connectivity index (χ4v) is 2.72. The van der Waals surface area contributed by atoms with Crippen LogP contribution in [0.1, 0.15) is 11.3 Å². The van der Waals surface area contributed by atoms with E-state index in [1.54, 1.807) is 0 Å². The summed E-state index contributed by atoms with van der Waals surface area (Å²) in [5.74, 6) is 0. The van der Waals surface area contributed by atoms with E-state index in [1.165, 1.54) is 27.8 Å². The second-order valence-corrected chi connectivity index (χ2v) is 5.46. The number of hydrogen-bond acceptors (Lipinski definition) is 0. The molecule has 1 heterocycles. The van der Waals surface area contributed by atoms with Gasteiger partial charge >= 0.3 is 0 Å². The molecule has 0 bridgehead atoms. The van der Waals surface area contributed by atoms with E-state index in [0.29, 0.717) is 0 Å². The molecule has 0 unspecified atom stereocenters. The van der Waals surface area contributed by atoms with Crippen LogP contribution in [-0.4, -0.2) is 4.57 Å². The summed E-state index contributed by atoms with van der Waals surface area (Å²) in [6.07, 6.45) is 0. The van der Waals surface area contributed by atoms with Crippen molar-refractivity contribution in [3.63, 3.8) is 0 Å². The highest BCUT2D eigenvalue weighted by atomic mass is 79.9. The molecule has 0 fully saturated rings. The monoisotopic (exact) mass is 299 g/mol. The van der Waals surface area contributed by atoms with Gasteiger partial charge in [-0.05, 0) is 49.7 Å². The second-order valence-electron chi connectivity index (χ2n) is 4.54. The van der Waals surface area contributed by atoms with Gasteiger partial charge in [0, 0.05) is 21.2 Å². The van der Waals surface area contributed by atoms with E-state index in [9.17, 15) is 0 Å². The van der Waals surface area contributed by atoms with E-state index in [1.807, 2.05) is 0 Å². The molecule has 0 atom stereocenters. The number of aromatic nitrogens is 1. The van der Waals surface area contributed by atoms with Crippen LogP contribution in [0.5, 0.6) is 0 Å². The van der Waals surface area contributed by atoms with Crippen LogP contribution in [0.15, 0.2) is 53.0 Å². The van der Waals surface area contributed by atoms with Crippen LogP contribution in [0.25, 0.3) is 16.6 Å². The van der Waals surface area contributed by atoms with Crippen molar-refractivity contribution in [2.45, 2.75) is 13.8 Å². The highest BCUT2D eigenvalue weighted by Crippen LogP contribution is 2.28. The van der Waals surface area contributed by atoms with Crippen molar-refractivity contribution < 1.29 is 0 Å². The van der Waals surface area contributed by atoms with Crippen molar-refractivity contribution in [2.24, 2.45) is 0 Å².